The minimum Gasteiger partial charge on any atom is -0.493 e. The molecule has 0 fully saturated rings. The van der Waals surface area contributed by atoms with Crippen molar-refractivity contribution in [2.45, 2.75) is 44.9 Å². The summed E-state index contributed by atoms with van der Waals surface area (Å²) >= 11 is 0. The maximum absolute atomic E-state index is 13.0. The average Bonchev–Trinajstić information content (AvgIpc) is 3.02. The quantitative estimate of drug-likeness (QED) is 0.501. The topological polar surface area (TPSA) is 51.2 Å². The number of carbonyl (C=O) groups excluding carboxylic acids is 1. The molecular weight excluding hydrogens is 408 g/mol. The van der Waals surface area contributed by atoms with E-state index in [1.54, 1.807) is 6.20 Å². The van der Waals surface area contributed by atoms with Crippen molar-refractivity contribution < 1.29 is 9.53 Å². The molecule has 1 unspecified atom stereocenters. The molecule has 0 spiro atoms. The average molecular weight is 439 g/mol. The first-order chi connectivity index (χ1) is 16.1. The van der Waals surface area contributed by atoms with Crippen LogP contribution in [0.25, 0.3) is 5.57 Å². The smallest absolute Gasteiger partial charge is 0.255 e. The van der Waals surface area contributed by atoms with Gasteiger partial charge in [0.1, 0.15) is 5.75 Å². The lowest BCUT2D eigenvalue weighted by Crippen LogP contribution is -2.36. The van der Waals surface area contributed by atoms with Crippen molar-refractivity contribution in [2.24, 2.45) is 5.92 Å². The third-order valence-corrected chi connectivity index (χ3v) is 7.50. The lowest BCUT2D eigenvalue weighted by Gasteiger charge is -2.43. The normalized spacial score (nSPS) is 21.6. The molecule has 2 heterocycles. The van der Waals surface area contributed by atoms with Crippen molar-refractivity contribution in [3.8, 4) is 5.75 Å². The second kappa shape index (κ2) is 8.86. The zero-order chi connectivity index (χ0) is 22.8. The first kappa shape index (κ1) is 21.4. The number of pyridine rings is 1. The van der Waals surface area contributed by atoms with Crippen LogP contribution >= 0.6 is 0 Å². The number of anilines is 1. The van der Waals surface area contributed by atoms with Gasteiger partial charge in [0.05, 0.1) is 18.0 Å². The number of nitrogens with one attached hydrogen (secondary N) is 1. The van der Waals surface area contributed by atoms with E-state index in [1.165, 1.54) is 16.7 Å². The molecule has 3 aromatic rings. The molecule has 0 radical (unpaired) electrons. The van der Waals surface area contributed by atoms with E-state index < -0.39 is 0 Å². The number of fused-ring (bicyclic) bond motifs is 3. The number of benzene rings is 2. The fourth-order valence-corrected chi connectivity index (χ4v) is 5.55. The lowest BCUT2D eigenvalue weighted by molar-refractivity contribution is 0.102. The molecule has 4 nitrogen and oxygen atoms in total. The zero-order valence-corrected chi connectivity index (χ0v) is 19.3. The van der Waals surface area contributed by atoms with Gasteiger partial charge < -0.3 is 10.1 Å². The van der Waals surface area contributed by atoms with Gasteiger partial charge in [-0.2, -0.15) is 0 Å². The van der Waals surface area contributed by atoms with E-state index in [0.29, 0.717) is 18.1 Å². The van der Waals surface area contributed by atoms with Crippen LogP contribution in [0.2, 0.25) is 0 Å². The summed E-state index contributed by atoms with van der Waals surface area (Å²) in [4.78, 5) is 17.2. The van der Waals surface area contributed by atoms with Crippen LogP contribution in [0.15, 0.2) is 72.9 Å². The van der Waals surface area contributed by atoms with Crippen LogP contribution in [0.4, 0.5) is 5.69 Å². The Morgan fingerprint density at radius 2 is 2.00 bits per heavy atom. The summed E-state index contributed by atoms with van der Waals surface area (Å²) < 4.78 is 6.26. The van der Waals surface area contributed by atoms with Crippen LogP contribution in [0.1, 0.15) is 59.8 Å². The molecule has 4 heteroatoms. The van der Waals surface area contributed by atoms with Gasteiger partial charge in [-0.05, 0) is 73.9 Å². The van der Waals surface area contributed by atoms with E-state index in [-0.39, 0.29) is 11.3 Å². The fraction of sp³-hybridized carbons (Fsp3) is 0.310. The van der Waals surface area contributed by atoms with E-state index >= 15 is 0 Å². The Morgan fingerprint density at radius 3 is 2.79 bits per heavy atom. The second-order valence-electron chi connectivity index (χ2n) is 9.15. The third-order valence-electron chi connectivity index (χ3n) is 7.50. The summed E-state index contributed by atoms with van der Waals surface area (Å²) in [5, 5.41) is 2.99. The van der Waals surface area contributed by atoms with Gasteiger partial charge in [0.25, 0.3) is 5.91 Å². The molecule has 0 saturated heterocycles. The minimum absolute atomic E-state index is 0.0407. The van der Waals surface area contributed by atoms with Crippen molar-refractivity contribution in [2.75, 3.05) is 11.9 Å². The van der Waals surface area contributed by atoms with E-state index in [9.17, 15) is 4.79 Å². The predicted octanol–water partition coefficient (Wildman–Crippen LogP) is 6.57. The summed E-state index contributed by atoms with van der Waals surface area (Å²) in [6.45, 7) is 4.85. The summed E-state index contributed by atoms with van der Waals surface area (Å²) in [7, 11) is 0. The third kappa shape index (κ3) is 3.95. The summed E-state index contributed by atoms with van der Waals surface area (Å²) in [5.41, 5.74) is 6.19. The van der Waals surface area contributed by atoms with E-state index in [1.807, 2.05) is 31.2 Å². The van der Waals surface area contributed by atoms with Crippen LogP contribution in [-0.4, -0.2) is 17.5 Å². The van der Waals surface area contributed by atoms with Gasteiger partial charge >= 0.3 is 0 Å². The number of amides is 1. The summed E-state index contributed by atoms with van der Waals surface area (Å²) in [5.74, 6) is 1.23. The first-order valence-electron chi connectivity index (χ1n) is 11.9. The van der Waals surface area contributed by atoms with Crippen LogP contribution < -0.4 is 10.1 Å². The van der Waals surface area contributed by atoms with Gasteiger partial charge in [-0.3, -0.25) is 9.78 Å². The predicted molar refractivity (Wildman–Crippen MR) is 133 cm³/mol. The number of aryl methyl sites for hydroxylation is 1. The second-order valence-corrected chi connectivity index (χ2v) is 9.15. The Kier molecular flexibility index (Phi) is 5.76. The first-order valence-corrected chi connectivity index (χ1v) is 11.9. The number of carbonyl (C=O) groups is 1. The molecule has 168 valence electrons. The highest BCUT2D eigenvalue weighted by atomic mass is 16.5. The maximum atomic E-state index is 13.0. The van der Waals surface area contributed by atoms with Crippen LogP contribution in [0, 0.1) is 12.8 Å². The number of nitrogens with zero attached hydrogens (tertiary/aromatic N) is 1. The molecule has 1 aliphatic carbocycles. The number of rotatable bonds is 4. The van der Waals surface area contributed by atoms with Gasteiger partial charge in [-0.25, -0.2) is 0 Å². The maximum Gasteiger partial charge on any atom is 0.255 e. The number of allylic oxidation sites excluding steroid dienone is 2. The highest BCUT2D eigenvalue weighted by Gasteiger charge is 2.44. The Labute approximate surface area is 195 Å². The standard InChI is InChI=1S/C29H30N2O2/c1-3-29-15-13-22(21-8-5-4-6-9-21)18-24(29)14-17-33-27-19-23(11-12-25(27)29)28(32)31-26-10-7-16-30-20(26)2/h4-13,16,19,24H,3,14-15,17-18H2,1-2H3,(H,31,32)/t24?,29-/m1/s1. The largest absolute Gasteiger partial charge is 0.493 e. The summed E-state index contributed by atoms with van der Waals surface area (Å²) in [6.07, 6.45) is 8.27. The molecule has 5 rings (SSSR count). The number of hydrogen-bond acceptors (Lipinski definition) is 3. The van der Waals surface area contributed by atoms with Gasteiger partial charge in [-0.15, -0.1) is 0 Å². The molecular formula is C29H30N2O2. The molecule has 1 aliphatic heterocycles. The monoisotopic (exact) mass is 438 g/mol. The van der Waals surface area contributed by atoms with Gasteiger partial charge in [0, 0.05) is 22.7 Å². The van der Waals surface area contributed by atoms with Crippen molar-refractivity contribution in [1.29, 1.82) is 0 Å². The van der Waals surface area contributed by atoms with Gasteiger partial charge in [-0.1, -0.05) is 49.4 Å². The van der Waals surface area contributed by atoms with E-state index in [4.69, 9.17) is 4.74 Å². The van der Waals surface area contributed by atoms with Crippen LogP contribution in [-0.2, 0) is 5.41 Å². The Balaban J connectivity index is 1.46. The molecule has 2 aromatic carbocycles. The van der Waals surface area contributed by atoms with E-state index in [2.05, 4.69) is 59.7 Å². The van der Waals surface area contributed by atoms with Crippen molar-refractivity contribution in [3.05, 3.63) is 95.3 Å². The van der Waals surface area contributed by atoms with Crippen molar-refractivity contribution in [1.82, 2.24) is 4.98 Å². The fourth-order valence-electron chi connectivity index (χ4n) is 5.55. The van der Waals surface area contributed by atoms with Crippen LogP contribution in [0.3, 0.4) is 0 Å². The lowest BCUT2D eigenvalue weighted by atomic mass is 9.60. The number of hydrogen-bond donors (Lipinski definition) is 1. The van der Waals surface area contributed by atoms with E-state index in [0.717, 1.165) is 42.8 Å². The number of aromatic nitrogens is 1. The SMILES string of the molecule is CC[C@@]12CC=C(c3ccccc3)CC1CCOc1cc(C(=O)Nc3cccnc3C)ccc12. The molecule has 2 aliphatic rings. The van der Waals surface area contributed by atoms with Gasteiger partial charge in [0.15, 0.2) is 0 Å². The molecule has 0 bridgehead atoms. The Bertz CT molecular complexity index is 1200. The van der Waals surface area contributed by atoms with Gasteiger partial charge in [0.2, 0.25) is 0 Å². The van der Waals surface area contributed by atoms with Crippen molar-refractivity contribution in [3.63, 3.8) is 0 Å². The molecule has 33 heavy (non-hydrogen) atoms. The zero-order valence-electron chi connectivity index (χ0n) is 19.3. The Hall–Kier alpha value is -3.40. The molecule has 1 aromatic heterocycles. The van der Waals surface area contributed by atoms with Crippen molar-refractivity contribution >= 4 is 17.2 Å². The molecule has 0 saturated carbocycles. The number of ether oxygens (including phenoxy) is 1. The van der Waals surface area contributed by atoms with Crippen LogP contribution in [0.5, 0.6) is 5.75 Å². The molecule has 1 N–H and O–H groups in total. The summed E-state index contributed by atoms with van der Waals surface area (Å²) in [6, 6.07) is 20.4. The Morgan fingerprint density at radius 1 is 1.15 bits per heavy atom. The molecule has 1 amide bonds. The highest BCUT2D eigenvalue weighted by Crippen LogP contribution is 2.53. The highest BCUT2D eigenvalue weighted by molar-refractivity contribution is 6.04. The minimum atomic E-state index is -0.140. The molecule has 2 atom stereocenters.